The summed E-state index contributed by atoms with van der Waals surface area (Å²) in [5.74, 6) is 2.20. The van der Waals surface area contributed by atoms with Crippen LogP contribution in [0.2, 0.25) is 0 Å². The van der Waals surface area contributed by atoms with E-state index in [-0.39, 0.29) is 0 Å². The van der Waals surface area contributed by atoms with Gasteiger partial charge in [0.25, 0.3) is 0 Å². The molecule has 11 heavy (non-hydrogen) atoms. The molecule has 0 spiro atoms. The SMILES string of the molecule is C#CC(O)/C=C/c1cccs1. The molecule has 0 radical (unpaired) electrons. The maximum Gasteiger partial charge on any atom is 0.133 e. The van der Waals surface area contributed by atoms with Crippen LogP contribution in [0.5, 0.6) is 0 Å². The van der Waals surface area contributed by atoms with Crippen LogP contribution in [0, 0.1) is 12.3 Å². The van der Waals surface area contributed by atoms with E-state index in [1.807, 2.05) is 23.6 Å². The number of rotatable bonds is 2. The molecule has 1 rings (SSSR count). The van der Waals surface area contributed by atoms with Crippen LogP contribution in [0.15, 0.2) is 23.6 Å². The summed E-state index contributed by atoms with van der Waals surface area (Å²) in [6, 6.07) is 3.91. The second kappa shape index (κ2) is 3.97. The summed E-state index contributed by atoms with van der Waals surface area (Å²) in [6.07, 6.45) is 7.60. The van der Waals surface area contributed by atoms with Crippen molar-refractivity contribution in [2.45, 2.75) is 6.10 Å². The average molecular weight is 164 g/mol. The molecule has 0 amide bonds. The standard InChI is InChI=1S/C9H8OS/c1-2-8(10)5-6-9-4-3-7-11-9/h1,3-8,10H/b6-5+. The van der Waals surface area contributed by atoms with Crippen molar-refractivity contribution in [1.29, 1.82) is 0 Å². The molecule has 1 aromatic heterocycles. The van der Waals surface area contributed by atoms with Crippen molar-refractivity contribution in [1.82, 2.24) is 0 Å². The zero-order valence-electron chi connectivity index (χ0n) is 5.90. The number of aliphatic hydroxyl groups excluding tert-OH is 1. The maximum absolute atomic E-state index is 8.94. The van der Waals surface area contributed by atoms with Crippen molar-refractivity contribution < 1.29 is 5.11 Å². The van der Waals surface area contributed by atoms with Crippen LogP contribution < -0.4 is 0 Å². The second-order valence-corrected chi connectivity index (χ2v) is 2.97. The Morgan fingerprint density at radius 1 is 1.73 bits per heavy atom. The largest absolute Gasteiger partial charge is 0.377 e. The monoisotopic (exact) mass is 164 g/mol. The van der Waals surface area contributed by atoms with Gasteiger partial charge in [0.1, 0.15) is 6.10 Å². The lowest BCUT2D eigenvalue weighted by Crippen LogP contribution is -1.94. The molecule has 0 aliphatic rings. The van der Waals surface area contributed by atoms with Crippen molar-refractivity contribution in [2.75, 3.05) is 0 Å². The van der Waals surface area contributed by atoms with Crippen LogP contribution in [0.4, 0.5) is 0 Å². The normalized spacial score (nSPS) is 13.1. The minimum atomic E-state index is -0.767. The first-order valence-electron chi connectivity index (χ1n) is 3.19. The Morgan fingerprint density at radius 3 is 3.09 bits per heavy atom. The molecule has 0 aliphatic carbocycles. The van der Waals surface area contributed by atoms with E-state index < -0.39 is 6.10 Å². The summed E-state index contributed by atoms with van der Waals surface area (Å²) in [4.78, 5) is 1.10. The minimum absolute atomic E-state index is 0.767. The molecule has 1 atom stereocenters. The first-order valence-corrected chi connectivity index (χ1v) is 4.07. The number of hydrogen-bond acceptors (Lipinski definition) is 2. The third-order valence-electron chi connectivity index (χ3n) is 1.16. The quantitative estimate of drug-likeness (QED) is 0.660. The van der Waals surface area contributed by atoms with Crippen molar-refractivity contribution in [3.63, 3.8) is 0 Å². The van der Waals surface area contributed by atoms with Crippen molar-refractivity contribution in [2.24, 2.45) is 0 Å². The zero-order chi connectivity index (χ0) is 8.10. The predicted molar refractivity (Wildman–Crippen MR) is 48.2 cm³/mol. The van der Waals surface area contributed by atoms with Gasteiger partial charge in [-0.3, -0.25) is 0 Å². The van der Waals surface area contributed by atoms with Crippen LogP contribution >= 0.6 is 11.3 Å². The zero-order valence-corrected chi connectivity index (χ0v) is 6.71. The molecule has 56 valence electrons. The first kappa shape index (κ1) is 8.06. The second-order valence-electron chi connectivity index (χ2n) is 1.99. The van der Waals surface area contributed by atoms with Gasteiger partial charge >= 0.3 is 0 Å². The number of terminal acetylenes is 1. The molecule has 2 heteroatoms. The summed E-state index contributed by atoms with van der Waals surface area (Å²) in [6.45, 7) is 0. The molecule has 0 aliphatic heterocycles. The van der Waals surface area contributed by atoms with Gasteiger partial charge in [0, 0.05) is 4.88 Å². The van der Waals surface area contributed by atoms with Crippen molar-refractivity contribution in [3.05, 3.63) is 28.5 Å². The molecule has 0 saturated heterocycles. The molecule has 0 bridgehead atoms. The molecular weight excluding hydrogens is 156 g/mol. The van der Waals surface area contributed by atoms with E-state index in [4.69, 9.17) is 11.5 Å². The van der Waals surface area contributed by atoms with E-state index >= 15 is 0 Å². The van der Waals surface area contributed by atoms with E-state index in [2.05, 4.69) is 5.92 Å². The highest BCUT2D eigenvalue weighted by Gasteiger charge is 1.90. The maximum atomic E-state index is 8.94. The third kappa shape index (κ3) is 2.58. The van der Waals surface area contributed by atoms with E-state index in [9.17, 15) is 0 Å². The van der Waals surface area contributed by atoms with Gasteiger partial charge in [-0.1, -0.05) is 12.0 Å². The summed E-state index contributed by atoms with van der Waals surface area (Å²) in [5, 5.41) is 10.9. The van der Waals surface area contributed by atoms with Crippen LogP contribution in [-0.4, -0.2) is 11.2 Å². The smallest absolute Gasteiger partial charge is 0.133 e. The van der Waals surface area contributed by atoms with E-state index in [0.717, 1.165) is 4.88 Å². The van der Waals surface area contributed by atoms with Crippen molar-refractivity contribution in [3.8, 4) is 12.3 Å². The van der Waals surface area contributed by atoms with Gasteiger partial charge in [-0.25, -0.2) is 0 Å². The van der Waals surface area contributed by atoms with Crippen molar-refractivity contribution >= 4 is 17.4 Å². The lowest BCUT2D eigenvalue weighted by atomic mass is 10.3. The number of thiophene rings is 1. The number of hydrogen-bond donors (Lipinski definition) is 1. The Hall–Kier alpha value is -1.04. The van der Waals surface area contributed by atoms with Gasteiger partial charge in [0.2, 0.25) is 0 Å². The Kier molecular flexibility index (Phi) is 2.91. The molecular formula is C9H8OS. The molecule has 0 aromatic carbocycles. The fourth-order valence-corrected chi connectivity index (χ4v) is 1.26. The summed E-state index contributed by atoms with van der Waals surface area (Å²) < 4.78 is 0. The highest BCUT2D eigenvalue weighted by molar-refractivity contribution is 7.10. The van der Waals surface area contributed by atoms with Gasteiger partial charge in [-0.15, -0.1) is 17.8 Å². The lowest BCUT2D eigenvalue weighted by molar-refractivity contribution is 0.282. The molecule has 0 saturated carbocycles. The van der Waals surface area contributed by atoms with E-state index in [1.54, 1.807) is 17.4 Å². The minimum Gasteiger partial charge on any atom is -0.377 e. The lowest BCUT2D eigenvalue weighted by Gasteiger charge is -1.90. The van der Waals surface area contributed by atoms with Gasteiger partial charge in [-0.05, 0) is 23.6 Å². The van der Waals surface area contributed by atoms with Crippen LogP contribution in [0.3, 0.4) is 0 Å². The van der Waals surface area contributed by atoms with Crippen LogP contribution in [-0.2, 0) is 0 Å². The highest BCUT2D eigenvalue weighted by Crippen LogP contribution is 2.10. The summed E-state index contributed by atoms with van der Waals surface area (Å²) in [5.41, 5.74) is 0. The topological polar surface area (TPSA) is 20.2 Å². The Balaban J connectivity index is 2.57. The van der Waals surface area contributed by atoms with Gasteiger partial charge in [0.05, 0.1) is 0 Å². The molecule has 1 heterocycles. The summed E-state index contributed by atoms with van der Waals surface area (Å²) in [7, 11) is 0. The van der Waals surface area contributed by atoms with Crippen LogP contribution in [0.1, 0.15) is 4.88 Å². The molecule has 1 aromatic rings. The molecule has 1 unspecified atom stereocenters. The van der Waals surface area contributed by atoms with Gasteiger partial charge in [-0.2, -0.15) is 0 Å². The Morgan fingerprint density at radius 2 is 2.55 bits per heavy atom. The predicted octanol–water partition coefficient (Wildman–Crippen LogP) is 1.76. The fourth-order valence-electron chi connectivity index (χ4n) is 0.628. The third-order valence-corrected chi connectivity index (χ3v) is 1.99. The van der Waals surface area contributed by atoms with E-state index in [1.165, 1.54) is 0 Å². The first-order chi connectivity index (χ1) is 5.33. The highest BCUT2D eigenvalue weighted by atomic mass is 32.1. The van der Waals surface area contributed by atoms with Crippen LogP contribution in [0.25, 0.3) is 6.08 Å². The fraction of sp³-hybridized carbons (Fsp3) is 0.111. The Labute approximate surface area is 70.0 Å². The molecule has 1 N–H and O–H groups in total. The Bertz CT molecular complexity index is 266. The van der Waals surface area contributed by atoms with Gasteiger partial charge < -0.3 is 5.11 Å². The molecule has 0 fully saturated rings. The van der Waals surface area contributed by atoms with E-state index in [0.29, 0.717) is 0 Å². The number of aliphatic hydroxyl groups is 1. The summed E-state index contributed by atoms with van der Waals surface area (Å²) >= 11 is 1.61. The molecule has 1 nitrogen and oxygen atoms in total. The average Bonchev–Trinajstić information content (AvgIpc) is 2.52. The van der Waals surface area contributed by atoms with Gasteiger partial charge in [0.15, 0.2) is 0 Å².